The largest absolute Gasteiger partial charge is 0.338 e. The van der Waals surface area contributed by atoms with Gasteiger partial charge in [0, 0.05) is 5.56 Å². The van der Waals surface area contributed by atoms with Crippen molar-refractivity contribution < 1.29 is 13.3 Å². The van der Waals surface area contributed by atoms with Crippen molar-refractivity contribution in [3.63, 3.8) is 0 Å². The molecule has 0 spiro atoms. The average molecular weight is 275 g/mol. The van der Waals surface area contributed by atoms with Gasteiger partial charge in [-0.3, -0.25) is 0 Å². The highest BCUT2D eigenvalue weighted by Gasteiger charge is 2.12. The van der Waals surface area contributed by atoms with Gasteiger partial charge in [0.2, 0.25) is 10.6 Å². The minimum Gasteiger partial charge on any atom is -0.338 e. The molecule has 0 bridgehead atoms. The summed E-state index contributed by atoms with van der Waals surface area (Å²) in [5.41, 5.74) is -0.0753. The van der Waals surface area contributed by atoms with Gasteiger partial charge in [-0.15, -0.1) is 0 Å². The van der Waals surface area contributed by atoms with Crippen LogP contribution in [-0.2, 0) is 6.42 Å². The van der Waals surface area contributed by atoms with Crippen LogP contribution in [-0.4, -0.2) is 10.1 Å². The van der Waals surface area contributed by atoms with E-state index < -0.39 is 11.6 Å². The minimum atomic E-state index is -0.621. The molecule has 2 rings (SSSR count). The third kappa shape index (κ3) is 2.20. The molecule has 0 atom stereocenters. The van der Waals surface area contributed by atoms with Crippen LogP contribution in [0, 0.1) is 11.6 Å². The topological polar surface area (TPSA) is 38.9 Å². The zero-order valence-corrected chi connectivity index (χ0v) is 8.96. The van der Waals surface area contributed by atoms with Gasteiger partial charge in [0.05, 0.1) is 6.42 Å². The normalized spacial score (nSPS) is 10.6. The van der Waals surface area contributed by atoms with E-state index in [2.05, 4.69) is 26.1 Å². The molecule has 0 aliphatic heterocycles. The van der Waals surface area contributed by atoms with Gasteiger partial charge in [-0.05, 0) is 33.2 Å². The van der Waals surface area contributed by atoms with Crippen LogP contribution in [0.15, 0.2) is 27.5 Å². The first-order valence-electron chi connectivity index (χ1n) is 4.08. The standard InChI is InChI=1S/C9H5BrF2N2O/c10-9-13-8(15-14-9)4-5-6(11)2-1-3-7(5)12/h1-3H,4H2. The molecule has 0 radical (unpaired) electrons. The molecular formula is C9H5BrF2N2O. The molecule has 0 aliphatic carbocycles. The lowest BCUT2D eigenvalue weighted by Crippen LogP contribution is -1.97. The highest BCUT2D eigenvalue weighted by Crippen LogP contribution is 2.16. The van der Waals surface area contributed by atoms with Gasteiger partial charge in [-0.1, -0.05) is 6.07 Å². The second-order valence-electron chi connectivity index (χ2n) is 2.83. The fraction of sp³-hybridized carbons (Fsp3) is 0.111. The molecule has 15 heavy (non-hydrogen) atoms. The Balaban J connectivity index is 2.31. The number of hydrogen-bond acceptors (Lipinski definition) is 3. The molecule has 0 fully saturated rings. The van der Waals surface area contributed by atoms with E-state index >= 15 is 0 Å². The Morgan fingerprint density at radius 2 is 1.93 bits per heavy atom. The first kappa shape index (κ1) is 10.2. The van der Waals surface area contributed by atoms with Gasteiger partial charge in [0.15, 0.2) is 0 Å². The van der Waals surface area contributed by atoms with Crippen LogP contribution < -0.4 is 0 Å². The Kier molecular flexibility index (Phi) is 2.77. The van der Waals surface area contributed by atoms with Gasteiger partial charge >= 0.3 is 0 Å². The quantitative estimate of drug-likeness (QED) is 0.845. The molecular weight excluding hydrogens is 270 g/mol. The van der Waals surface area contributed by atoms with Crippen LogP contribution in [0.4, 0.5) is 8.78 Å². The molecule has 0 unspecified atom stereocenters. The Hall–Kier alpha value is -1.30. The van der Waals surface area contributed by atoms with Gasteiger partial charge in [0.1, 0.15) is 11.6 Å². The maximum absolute atomic E-state index is 13.2. The molecule has 1 aromatic heterocycles. The molecule has 6 heteroatoms. The molecule has 1 heterocycles. The van der Waals surface area contributed by atoms with Crippen LogP contribution in [0.25, 0.3) is 0 Å². The predicted molar refractivity (Wildman–Crippen MR) is 51.2 cm³/mol. The third-order valence-electron chi connectivity index (χ3n) is 1.83. The number of aromatic nitrogens is 2. The van der Waals surface area contributed by atoms with Crippen molar-refractivity contribution >= 4 is 15.9 Å². The van der Waals surface area contributed by atoms with Gasteiger partial charge < -0.3 is 4.52 Å². The number of nitrogens with zero attached hydrogens (tertiary/aromatic N) is 2. The van der Waals surface area contributed by atoms with E-state index in [1.807, 2.05) is 0 Å². The lowest BCUT2D eigenvalue weighted by Gasteiger charge is -2.00. The summed E-state index contributed by atoms with van der Waals surface area (Å²) in [6.45, 7) is 0. The van der Waals surface area contributed by atoms with E-state index in [1.165, 1.54) is 18.2 Å². The summed E-state index contributed by atoms with van der Waals surface area (Å²) in [5, 5.41) is 3.46. The van der Waals surface area contributed by atoms with Crippen LogP contribution >= 0.6 is 15.9 Å². The fourth-order valence-corrected chi connectivity index (χ4v) is 1.43. The molecule has 0 N–H and O–H groups in total. The summed E-state index contributed by atoms with van der Waals surface area (Å²) in [6, 6.07) is 3.67. The van der Waals surface area contributed by atoms with Crippen molar-refractivity contribution in [2.45, 2.75) is 6.42 Å². The first-order valence-corrected chi connectivity index (χ1v) is 4.87. The molecule has 3 nitrogen and oxygen atoms in total. The smallest absolute Gasteiger partial charge is 0.238 e. The van der Waals surface area contributed by atoms with Crippen molar-refractivity contribution in [1.29, 1.82) is 0 Å². The molecule has 0 aliphatic rings. The maximum Gasteiger partial charge on any atom is 0.238 e. The van der Waals surface area contributed by atoms with Crippen molar-refractivity contribution in [3.05, 3.63) is 46.0 Å². The van der Waals surface area contributed by atoms with E-state index in [1.54, 1.807) is 0 Å². The average Bonchev–Trinajstić information content (AvgIpc) is 2.58. The third-order valence-corrected chi connectivity index (χ3v) is 2.16. The van der Waals surface area contributed by atoms with Crippen molar-refractivity contribution in [2.24, 2.45) is 0 Å². The summed E-state index contributed by atoms with van der Waals surface area (Å²) in [6.07, 6.45) is -0.0584. The van der Waals surface area contributed by atoms with E-state index in [0.29, 0.717) is 0 Å². The number of halogens is 3. The monoisotopic (exact) mass is 274 g/mol. The van der Waals surface area contributed by atoms with Gasteiger partial charge in [0.25, 0.3) is 0 Å². The molecule has 78 valence electrons. The van der Waals surface area contributed by atoms with E-state index in [9.17, 15) is 8.78 Å². The summed E-state index contributed by atoms with van der Waals surface area (Å²) >= 11 is 2.98. The van der Waals surface area contributed by atoms with Gasteiger partial charge in [-0.25, -0.2) is 8.78 Å². The molecule has 0 amide bonds. The first-order chi connectivity index (χ1) is 7.16. The highest BCUT2D eigenvalue weighted by atomic mass is 79.9. The summed E-state index contributed by atoms with van der Waals surface area (Å²) < 4.78 is 31.4. The van der Waals surface area contributed by atoms with Crippen molar-refractivity contribution in [3.8, 4) is 0 Å². The number of rotatable bonds is 2. The fourth-order valence-electron chi connectivity index (χ4n) is 1.16. The second kappa shape index (κ2) is 4.06. The zero-order chi connectivity index (χ0) is 10.8. The molecule has 0 saturated carbocycles. The summed E-state index contributed by atoms with van der Waals surface area (Å²) in [5.74, 6) is -1.08. The van der Waals surface area contributed by atoms with Crippen LogP contribution in [0.2, 0.25) is 0 Å². The Morgan fingerprint density at radius 3 is 2.47 bits per heavy atom. The van der Waals surface area contributed by atoms with Crippen molar-refractivity contribution in [1.82, 2.24) is 10.1 Å². The van der Waals surface area contributed by atoms with Crippen LogP contribution in [0.1, 0.15) is 11.5 Å². The lowest BCUT2D eigenvalue weighted by atomic mass is 10.1. The SMILES string of the molecule is Fc1cccc(F)c1Cc1nc(Br)no1. The maximum atomic E-state index is 13.2. The van der Waals surface area contributed by atoms with Crippen LogP contribution in [0.5, 0.6) is 0 Å². The van der Waals surface area contributed by atoms with Gasteiger partial charge in [-0.2, -0.15) is 4.98 Å². The summed E-state index contributed by atoms with van der Waals surface area (Å²) in [4.78, 5) is 3.79. The predicted octanol–water partition coefficient (Wildman–Crippen LogP) is 2.70. The zero-order valence-electron chi connectivity index (χ0n) is 7.38. The Morgan fingerprint density at radius 1 is 1.27 bits per heavy atom. The lowest BCUT2D eigenvalue weighted by molar-refractivity contribution is 0.378. The molecule has 2 aromatic rings. The minimum absolute atomic E-state index is 0.0584. The number of benzene rings is 1. The van der Waals surface area contributed by atoms with E-state index in [0.717, 1.165) is 0 Å². The van der Waals surface area contributed by atoms with E-state index in [-0.39, 0.29) is 22.6 Å². The molecule has 0 saturated heterocycles. The van der Waals surface area contributed by atoms with E-state index in [4.69, 9.17) is 4.52 Å². The van der Waals surface area contributed by atoms with Crippen molar-refractivity contribution in [2.75, 3.05) is 0 Å². The second-order valence-corrected chi connectivity index (χ2v) is 3.54. The Bertz CT molecular complexity index is 466. The molecule has 1 aromatic carbocycles. The Labute approximate surface area is 92.2 Å². The number of hydrogen-bond donors (Lipinski definition) is 0. The summed E-state index contributed by atoms with van der Waals surface area (Å²) in [7, 11) is 0. The highest BCUT2D eigenvalue weighted by molar-refractivity contribution is 9.10. The van der Waals surface area contributed by atoms with Crippen LogP contribution in [0.3, 0.4) is 0 Å².